The number of hydrogen-bond donors (Lipinski definition) is 1. The minimum absolute atomic E-state index is 0.170. The summed E-state index contributed by atoms with van der Waals surface area (Å²) < 4.78 is 20.1. The van der Waals surface area contributed by atoms with Crippen molar-refractivity contribution in [2.45, 2.75) is 6.54 Å². The average molecular weight is 294 g/mol. The summed E-state index contributed by atoms with van der Waals surface area (Å²) in [6, 6.07) is 5.22. The lowest BCUT2D eigenvalue weighted by molar-refractivity contribution is -0.385. The number of nitro groups is 1. The molecule has 0 aliphatic heterocycles. The second-order valence-corrected chi connectivity index (χ2v) is 4.31. The van der Waals surface area contributed by atoms with E-state index in [1.54, 1.807) is 19.4 Å². The number of hydrogen-bond acceptors (Lipinski definition) is 5. The van der Waals surface area contributed by atoms with Crippen molar-refractivity contribution in [3.8, 4) is 5.69 Å². The van der Waals surface area contributed by atoms with Crippen molar-refractivity contribution in [3.05, 3.63) is 52.1 Å². The Morgan fingerprint density at radius 3 is 2.95 bits per heavy atom. The molecule has 0 amide bonds. The SMILES string of the molecule is COCCNCc1ccn(-c2ccc([N+](=O)[O-])cc2F)n1. The zero-order valence-corrected chi connectivity index (χ0v) is 11.5. The molecule has 112 valence electrons. The zero-order chi connectivity index (χ0) is 15.2. The van der Waals surface area contributed by atoms with E-state index in [-0.39, 0.29) is 11.4 Å². The summed E-state index contributed by atoms with van der Waals surface area (Å²) in [7, 11) is 1.62. The third-order valence-electron chi connectivity index (χ3n) is 2.82. The molecule has 2 rings (SSSR count). The largest absolute Gasteiger partial charge is 0.383 e. The van der Waals surface area contributed by atoms with Gasteiger partial charge in [-0.25, -0.2) is 9.07 Å². The smallest absolute Gasteiger partial charge is 0.272 e. The van der Waals surface area contributed by atoms with Crippen LogP contribution >= 0.6 is 0 Å². The lowest BCUT2D eigenvalue weighted by Crippen LogP contribution is -2.18. The normalized spacial score (nSPS) is 10.8. The Morgan fingerprint density at radius 2 is 2.29 bits per heavy atom. The van der Waals surface area contributed by atoms with E-state index in [1.807, 2.05) is 0 Å². The first-order valence-corrected chi connectivity index (χ1v) is 6.30. The van der Waals surface area contributed by atoms with E-state index in [0.29, 0.717) is 19.7 Å². The molecular formula is C13H15FN4O3. The average Bonchev–Trinajstić information content (AvgIpc) is 2.92. The van der Waals surface area contributed by atoms with Crippen LogP contribution in [0.4, 0.5) is 10.1 Å². The highest BCUT2D eigenvalue weighted by Gasteiger charge is 2.12. The molecular weight excluding hydrogens is 279 g/mol. The van der Waals surface area contributed by atoms with Crippen molar-refractivity contribution >= 4 is 5.69 Å². The Morgan fingerprint density at radius 1 is 1.48 bits per heavy atom. The van der Waals surface area contributed by atoms with Crippen LogP contribution in [-0.2, 0) is 11.3 Å². The van der Waals surface area contributed by atoms with E-state index in [0.717, 1.165) is 11.8 Å². The van der Waals surface area contributed by atoms with Crippen LogP contribution in [0.15, 0.2) is 30.5 Å². The molecule has 7 nitrogen and oxygen atoms in total. The Bertz CT molecular complexity index is 630. The molecule has 1 aromatic heterocycles. The van der Waals surface area contributed by atoms with E-state index in [4.69, 9.17) is 4.74 Å². The molecule has 21 heavy (non-hydrogen) atoms. The Kier molecular flexibility index (Phi) is 4.96. The molecule has 1 N–H and O–H groups in total. The van der Waals surface area contributed by atoms with Gasteiger partial charge in [-0.1, -0.05) is 0 Å². The number of rotatable bonds is 7. The minimum Gasteiger partial charge on any atom is -0.383 e. The summed E-state index contributed by atoms with van der Waals surface area (Å²) in [4.78, 5) is 9.94. The van der Waals surface area contributed by atoms with Crippen molar-refractivity contribution in [3.63, 3.8) is 0 Å². The van der Waals surface area contributed by atoms with E-state index >= 15 is 0 Å². The van der Waals surface area contributed by atoms with Crippen molar-refractivity contribution in [1.29, 1.82) is 0 Å². The molecule has 8 heteroatoms. The fourth-order valence-electron chi connectivity index (χ4n) is 1.78. The highest BCUT2D eigenvalue weighted by Crippen LogP contribution is 2.19. The Balaban J connectivity index is 2.08. The van der Waals surface area contributed by atoms with Gasteiger partial charge in [-0.15, -0.1) is 0 Å². The van der Waals surface area contributed by atoms with Gasteiger partial charge in [0.05, 0.1) is 23.3 Å². The van der Waals surface area contributed by atoms with Crippen LogP contribution < -0.4 is 5.32 Å². The third-order valence-corrected chi connectivity index (χ3v) is 2.82. The first-order chi connectivity index (χ1) is 10.1. The summed E-state index contributed by atoms with van der Waals surface area (Å²) in [6.45, 7) is 1.82. The molecule has 0 fully saturated rings. The van der Waals surface area contributed by atoms with Crippen LogP contribution in [0.3, 0.4) is 0 Å². The molecule has 0 bridgehead atoms. The van der Waals surface area contributed by atoms with Gasteiger partial charge >= 0.3 is 0 Å². The summed E-state index contributed by atoms with van der Waals surface area (Å²) in [5.74, 6) is -0.689. The van der Waals surface area contributed by atoms with Crippen LogP contribution in [0.2, 0.25) is 0 Å². The Hall–Kier alpha value is -2.32. The summed E-state index contributed by atoms with van der Waals surface area (Å²) in [5, 5.41) is 17.9. The third kappa shape index (κ3) is 3.83. The summed E-state index contributed by atoms with van der Waals surface area (Å²) in [6.07, 6.45) is 1.61. The van der Waals surface area contributed by atoms with E-state index in [2.05, 4.69) is 10.4 Å². The van der Waals surface area contributed by atoms with Crippen molar-refractivity contribution < 1.29 is 14.1 Å². The highest BCUT2D eigenvalue weighted by molar-refractivity contribution is 5.42. The molecule has 0 aliphatic carbocycles. The standard InChI is InChI=1S/C13H15FN4O3/c1-21-7-5-15-9-10-4-6-17(16-10)13-3-2-11(18(19)20)8-12(13)14/h2-4,6,8,15H,5,7,9H2,1H3. The number of nitrogens with one attached hydrogen (secondary N) is 1. The molecule has 0 spiro atoms. The first kappa shape index (κ1) is 15.1. The van der Waals surface area contributed by atoms with E-state index in [1.165, 1.54) is 16.8 Å². The van der Waals surface area contributed by atoms with Crippen LogP contribution in [0, 0.1) is 15.9 Å². The van der Waals surface area contributed by atoms with Gasteiger partial charge < -0.3 is 10.1 Å². The lowest BCUT2D eigenvalue weighted by Gasteiger charge is -2.03. The van der Waals surface area contributed by atoms with Crippen LogP contribution in [-0.4, -0.2) is 35.0 Å². The van der Waals surface area contributed by atoms with Gasteiger partial charge in [0.2, 0.25) is 0 Å². The molecule has 0 unspecified atom stereocenters. The van der Waals surface area contributed by atoms with Crippen molar-refractivity contribution in [2.75, 3.05) is 20.3 Å². The molecule has 1 heterocycles. The number of non-ortho nitro benzene ring substituents is 1. The monoisotopic (exact) mass is 294 g/mol. The topological polar surface area (TPSA) is 82.2 Å². The molecule has 0 aliphatic rings. The number of ether oxygens (including phenoxy) is 1. The summed E-state index contributed by atoms with van der Waals surface area (Å²) >= 11 is 0. The number of nitro benzene ring substituents is 1. The number of benzene rings is 1. The second kappa shape index (κ2) is 6.91. The maximum Gasteiger partial charge on any atom is 0.272 e. The fourth-order valence-corrected chi connectivity index (χ4v) is 1.78. The number of nitrogens with zero attached hydrogens (tertiary/aromatic N) is 3. The lowest BCUT2D eigenvalue weighted by atomic mass is 10.2. The maximum atomic E-state index is 13.9. The van der Waals surface area contributed by atoms with Gasteiger partial charge in [0.1, 0.15) is 5.69 Å². The number of aromatic nitrogens is 2. The van der Waals surface area contributed by atoms with Gasteiger partial charge in [-0.2, -0.15) is 5.10 Å². The van der Waals surface area contributed by atoms with Crippen LogP contribution in [0.25, 0.3) is 5.69 Å². The molecule has 1 aromatic carbocycles. The van der Waals surface area contributed by atoms with Crippen LogP contribution in [0.5, 0.6) is 0 Å². The predicted octanol–water partition coefficient (Wildman–Crippen LogP) is 1.66. The highest BCUT2D eigenvalue weighted by atomic mass is 19.1. The summed E-state index contributed by atoms with van der Waals surface area (Å²) in [5.41, 5.74) is 0.623. The predicted molar refractivity (Wildman–Crippen MR) is 73.8 cm³/mol. The van der Waals surface area contributed by atoms with E-state index < -0.39 is 10.7 Å². The molecule has 0 radical (unpaired) electrons. The maximum absolute atomic E-state index is 13.9. The molecule has 0 saturated carbocycles. The zero-order valence-electron chi connectivity index (χ0n) is 11.5. The first-order valence-electron chi connectivity index (χ1n) is 6.30. The molecule has 0 saturated heterocycles. The quantitative estimate of drug-likeness (QED) is 0.477. The van der Waals surface area contributed by atoms with Crippen molar-refractivity contribution in [2.24, 2.45) is 0 Å². The number of halogens is 1. The van der Waals surface area contributed by atoms with Gasteiger partial charge in [-0.3, -0.25) is 10.1 Å². The molecule has 2 aromatic rings. The van der Waals surface area contributed by atoms with Crippen LogP contribution in [0.1, 0.15) is 5.69 Å². The van der Waals surface area contributed by atoms with Crippen molar-refractivity contribution in [1.82, 2.24) is 15.1 Å². The van der Waals surface area contributed by atoms with Gasteiger partial charge in [0.25, 0.3) is 5.69 Å². The molecule has 0 atom stereocenters. The minimum atomic E-state index is -0.689. The van der Waals surface area contributed by atoms with Gasteiger partial charge in [-0.05, 0) is 12.1 Å². The Labute approximate surface area is 120 Å². The number of methoxy groups -OCH3 is 1. The van der Waals surface area contributed by atoms with Gasteiger partial charge in [0.15, 0.2) is 5.82 Å². The second-order valence-electron chi connectivity index (χ2n) is 4.31. The van der Waals surface area contributed by atoms with Gasteiger partial charge in [0, 0.05) is 32.5 Å². The van der Waals surface area contributed by atoms with E-state index in [9.17, 15) is 14.5 Å². The fraction of sp³-hybridized carbons (Fsp3) is 0.308.